The summed E-state index contributed by atoms with van der Waals surface area (Å²) in [4.78, 5) is 14.9. The van der Waals surface area contributed by atoms with Crippen LogP contribution in [0.3, 0.4) is 0 Å². The third kappa shape index (κ3) is 5.10. The molecule has 12 heteroatoms. The molecule has 0 bridgehead atoms. The van der Waals surface area contributed by atoms with Crippen LogP contribution in [-0.4, -0.2) is 30.6 Å². The summed E-state index contributed by atoms with van der Waals surface area (Å²) in [5.41, 5.74) is -2.58. The van der Waals surface area contributed by atoms with Crippen LogP contribution >= 0.6 is 0 Å². The Morgan fingerprint density at radius 2 is 1.57 bits per heavy atom. The first-order valence-electron chi connectivity index (χ1n) is 8.29. The van der Waals surface area contributed by atoms with Gasteiger partial charge in [-0.05, 0) is 44.2 Å². The molecule has 0 radical (unpaired) electrons. The predicted octanol–water partition coefficient (Wildman–Crippen LogP) is 4.10. The summed E-state index contributed by atoms with van der Waals surface area (Å²) >= 11 is 0. The number of carbonyl (C=O) groups is 1. The molecule has 0 saturated heterocycles. The van der Waals surface area contributed by atoms with Crippen LogP contribution < -0.4 is 5.32 Å². The van der Waals surface area contributed by atoms with Crippen LogP contribution in [0.2, 0.25) is 0 Å². The summed E-state index contributed by atoms with van der Waals surface area (Å²) in [7, 11) is -4.31. The standard InChI is InChI=1S/C18H16F6N2O3S/c1-16(2,30(28,29)13-5-3-4-11(8-13)17(19,20)21)10-26-15(27)14-7-6-12(9-25-14)18(22,23)24/h3-9H,10H2,1-2H3,(H,26,27). The average molecular weight is 454 g/mol. The van der Waals surface area contributed by atoms with Crippen molar-refractivity contribution in [1.82, 2.24) is 10.3 Å². The fourth-order valence-electron chi connectivity index (χ4n) is 2.33. The highest BCUT2D eigenvalue weighted by molar-refractivity contribution is 7.92. The van der Waals surface area contributed by atoms with E-state index >= 15 is 0 Å². The van der Waals surface area contributed by atoms with Gasteiger partial charge in [0.05, 0.1) is 20.8 Å². The Hall–Kier alpha value is -2.63. The summed E-state index contributed by atoms with van der Waals surface area (Å²) in [6, 6.07) is 4.65. The number of nitrogens with one attached hydrogen (secondary N) is 1. The van der Waals surface area contributed by atoms with Crippen LogP contribution in [-0.2, 0) is 22.2 Å². The summed E-state index contributed by atoms with van der Waals surface area (Å²) in [6.45, 7) is 1.87. The highest BCUT2D eigenvalue weighted by Gasteiger charge is 2.38. The Kier molecular flexibility index (Phi) is 6.22. The van der Waals surface area contributed by atoms with Gasteiger partial charge in [-0.15, -0.1) is 0 Å². The lowest BCUT2D eigenvalue weighted by Gasteiger charge is -2.25. The number of sulfone groups is 1. The lowest BCUT2D eigenvalue weighted by molar-refractivity contribution is -0.138. The average Bonchev–Trinajstić information content (AvgIpc) is 2.65. The minimum Gasteiger partial charge on any atom is -0.349 e. The van der Waals surface area contributed by atoms with Crippen molar-refractivity contribution in [3.05, 3.63) is 59.4 Å². The zero-order valence-corrected chi connectivity index (χ0v) is 16.4. The fourth-order valence-corrected chi connectivity index (χ4v) is 3.77. The molecule has 2 rings (SSSR count). The van der Waals surface area contributed by atoms with Gasteiger partial charge in [-0.3, -0.25) is 9.78 Å². The van der Waals surface area contributed by atoms with Gasteiger partial charge in [0.2, 0.25) is 0 Å². The van der Waals surface area contributed by atoms with Crippen molar-refractivity contribution in [3.8, 4) is 0 Å². The summed E-state index contributed by atoms with van der Waals surface area (Å²) < 4.78 is 100. The highest BCUT2D eigenvalue weighted by Crippen LogP contribution is 2.33. The van der Waals surface area contributed by atoms with E-state index in [0.717, 1.165) is 24.3 Å². The Balaban J connectivity index is 2.18. The van der Waals surface area contributed by atoms with Gasteiger partial charge in [0, 0.05) is 12.7 Å². The molecule has 1 heterocycles. The highest BCUT2D eigenvalue weighted by atomic mass is 32.2. The molecule has 0 aliphatic heterocycles. The molecule has 0 unspecified atom stereocenters. The lowest BCUT2D eigenvalue weighted by Crippen LogP contribution is -2.44. The number of carbonyl (C=O) groups excluding carboxylic acids is 1. The Bertz CT molecular complexity index is 1030. The maximum Gasteiger partial charge on any atom is 0.417 e. The van der Waals surface area contributed by atoms with E-state index in [0.29, 0.717) is 18.3 Å². The molecular weight excluding hydrogens is 438 g/mol. The van der Waals surface area contributed by atoms with Crippen LogP contribution in [0.4, 0.5) is 26.3 Å². The van der Waals surface area contributed by atoms with E-state index in [2.05, 4.69) is 10.3 Å². The first kappa shape index (κ1) is 23.6. The number of hydrogen-bond donors (Lipinski definition) is 1. The minimum atomic E-state index is -4.74. The van der Waals surface area contributed by atoms with Gasteiger partial charge >= 0.3 is 12.4 Å². The third-order valence-electron chi connectivity index (χ3n) is 4.20. The van der Waals surface area contributed by atoms with Gasteiger partial charge in [-0.2, -0.15) is 26.3 Å². The second kappa shape index (κ2) is 7.89. The van der Waals surface area contributed by atoms with Crippen molar-refractivity contribution in [1.29, 1.82) is 0 Å². The summed E-state index contributed by atoms with van der Waals surface area (Å²) in [5.74, 6) is -0.934. The topological polar surface area (TPSA) is 76.1 Å². The van der Waals surface area contributed by atoms with Crippen molar-refractivity contribution in [2.24, 2.45) is 0 Å². The van der Waals surface area contributed by atoms with Crippen LogP contribution in [0.15, 0.2) is 47.5 Å². The van der Waals surface area contributed by atoms with Crippen molar-refractivity contribution in [3.63, 3.8) is 0 Å². The van der Waals surface area contributed by atoms with Crippen LogP contribution in [0, 0.1) is 0 Å². The molecule has 0 spiro atoms. The summed E-state index contributed by atoms with van der Waals surface area (Å²) in [5, 5.41) is 2.23. The maximum atomic E-state index is 12.9. The van der Waals surface area contributed by atoms with Gasteiger partial charge in [0.25, 0.3) is 5.91 Å². The third-order valence-corrected chi connectivity index (χ3v) is 6.67. The van der Waals surface area contributed by atoms with Gasteiger partial charge in [0.1, 0.15) is 5.69 Å². The van der Waals surface area contributed by atoms with Gasteiger partial charge in [-0.25, -0.2) is 8.42 Å². The minimum absolute atomic E-state index is 0.379. The number of nitrogens with zero attached hydrogens (tertiary/aromatic N) is 1. The molecule has 0 atom stereocenters. The predicted molar refractivity (Wildman–Crippen MR) is 94.3 cm³/mol. The number of amides is 1. The van der Waals surface area contributed by atoms with Gasteiger partial charge < -0.3 is 5.32 Å². The zero-order chi connectivity index (χ0) is 23.0. The number of aromatic nitrogens is 1. The Labute approximate surface area is 168 Å². The van der Waals surface area contributed by atoms with E-state index in [1.54, 1.807) is 0 Å². The van der Waals surface area contributed by atoms with E-state index in [-0.39, 0.29) is 5.69 Å². The number of hydrogen-bond acceptors (Lipinski definition) is 4. The molecule has 30 heavy (non-hydrogen) atoms. The van der Waals surface area contributed by atoms with Crippen LogP contribution in [0.5, 0.6) is 0 Å². The van der Waals surface area contributed by atoms with Crippen LogP contribution in [0.25, 0.3) is 0 Å². The molecule has 2 aromatic rings. The van der Waals surface area contributed by atoms with E-state index in [1.165, 1.54) is 13.8 Å². The second-order valence-electron chi connectivity index (χ2n) is 6.90. The molecule has 1 aromatic carbocycles. The molecule has 1 amide bonds. The van der Waals surface area contributed by atoms with E-state index in [1.807, 2.05) is 0 Å². The molecule has 1 aromatic heterocycles. The lowest BCUT2D eigenvalue weighted by atomic mass is 10.2. The normalized spacial score (nSPS) is 13.2. The molecule has 0 aliphatic carbocycles. The fraction of sp³-hybridized carbons (Fsp3) is 0.333. The van der Waals surface area contributed by atoms with E-state index in [9.17, 15) is 39.6 Å². The Morgan fingerprint density at radius 3 is 2.07 bits per heavy atom. The van der Waals surface area contributed by atoms with Gasteiger partial charge in [0.15, 0.2) is 9.84 Å². The largest absolute Gasteiger partial charge is 0.417 e. The smallest absolute Gasteiger partial charge is 0.349 e. The first-order valence-corrected chi connectivity index (χ1v) is 9.77. The van der Waals surface area contributed by atoms with Crippen molar-refractivity contribution < 1.29 is 39.6 Å². The summed E-state index contributed by atoms with van der Waals surface area (Å²) in [6.07, 6.45) is -8.92. The monoisotopic (exact) mass is 454 g/mol. The second-order valence-corrected chi connectivity index (χ2v) is 9.48. The molecule has 5 nitrogen and oxygen atoms in total. The maximum absolute atomic E-state index is 12.9. The first-order chi connectivity index (χ1) is 13.6. The molecule has 0 fully saturated rings. The number of benzene rings is 1. The Morgan fingerprint density at radius 1 is 0.967 bits per heavy atom. The van der Waals surface area contributed by atoms with E-state index < -0.39 is 55.4 Å². The number of halogens is 6. The molecule has 0 aliphatic rings. The van der Waals surface area contributed by atoms with Crippen molar-refractivity contribution in [2.75, 3.05) is 6.54 Å². The number of alkyl halides is 6. The SMILES string of the molecule is CC(C)(CNC(=O)c1ccc(C(F)(F)F)cn1)S(=O)(=O)c1cccc(C(F)(F)F)c1. The van der Waals surface area contributed by atoms with Crippen molar-refractivity contribution >= 4 is 15.7 Å². The molecule has 164 valence electrons. The van der Waals surface area contributed by atoms with Gasteiger partial charge in [-0.1, -0.05) is 6.07 Å². The number of rotatable bonds is 5. The molecule has 0 saturated carbocycles. The molecular formula is C18H16F6N2O3S. The van der Waals surface area contributed by atoms with E-state index in [4.69, 9.17) is 0 Å². The quantitative estimate of drug-likeness (QED) is 0.691. The zero-order valence-electron chi connectivity index (χ0n) is 15.6. The van der Waals surface area contributed by atoms with Crippen molar-refractivity contribution in [2.45, 2.75) is 35.8 Å². The molecule has 1 N–H and O–H groups in total. The van der Waals surface area contributed by atoms with Crippen LogP contribution in [0.1, 0.15) is 35.5 Å². The number of pyridine rings is 1.